The molecule has 1 saturated heterocycles. The van der Waals surface area contributed by atoms with Gasteiger partial charge in [-0.2, -0.15) is 0 Å². The highest BCUT2D eigenvalue weighted by Crippen LogP contribution is 2.36. The molecule has 4 rings (SSSR count). The van der Waals surface area contributed by atoms with E-state index in [1.807, 2.05) is 0 Å². The molecule has 2 aromatic rings. The molecule has 1 aromatic carbocycles. The van der Waals surface area contributed by atoms with Crippen LogP contribution in [0.15, 0.2) is 24.3 Å². The number of fused-ring (bicyclic) bond motifs is 1. The van der Waals surface area contributed by atoms with E-state index < -0.39 is 0 Å². The molecule has 2 aliphatic rings. The van der Waals surface area contributed by atoms with Crippen molar-refractivity contribution in [2.75, 3.05) is 13.1 Å². The van der Waals surface area contributed by atoms with Crippen molar-refractivity contribution in [2.45, 2.75) is 50.5 Å². The lowest BCUT2D eigenvalue weighted by Gasteiger charge is -2.25. The van der Waals surface area contributed by atoms with Gasteiger partial charge in [-0.1, -0.05) is 25.0 Å². The zero-order valence-electron chi connectivity index (χ0n) is 12.0. The number of nitrogens with zero attached hydrogens (tertiary/aromatic N) is 2. The van der Waals surface area contributed by atoms with Gasteiger partial charge < -0.3 is 9.88 Å². The Kier molecular flexibility index (Phi) is 3.23. The standard InChI is InChI=1S/C17H23N3/c1-2-8-14(7-1)20-16-10-4-3-9-15(16)19-17(20)13-6-5-11-18-12-13/h3-4,9-10,13-14,18H,1-2,5-8,11-12H2. The Balaban J connectivity index is 1.82. The quantitative estimate of drug-likeness (QED) is 0.902. The summed E-state index contributed by atoms with van der Waals surface area (Å²) in [6.45, 7) is 2.26. The third kappa shape index (κ3) is 2.05. The Morgan fingerprint density at radius 1 is 1.05 bits per heavy atom. The summed E-state index contributed by atoms with van der Waals surface area (Å²) in [5.74, 6) is 1.93. The summed E-state index contributed by atoms with van der Waals surface area (Å²) in [5.41, 5.74) is 2.53. The first-order valence-corrected chi connectivity index (χ1v) is 8.11. The first kappa shape index (κ1) is 12.4. The molecule has 0 spiro atoms. The number of benzene rings is 1. The van der Waals surface area contributed by atoms with Crippen molar-refractivity contribution in [1.29, 1.82) is 0 Å². The summed E-state index contributed by atoms with van der Waals surface area (Å²) < 4.78 is 2.58. The summed E-state index contributed by atoms with van der Waals surface area (Å²) in [6, 6.07) is 9.36. The van der Waals surface area contributed by atoms with Crippen LogP contribution in [0.4, 0.5) is 0 Å². The molecule has 3 nitrogen and oxygen atoms in total. The molecule has 2 fully saturated rings. The van der Waals surface area contributed by atoms with Gasteiger partial charge in [0.05, 0.1) is 11.0 Å². The Morgan fingerprint density at radius 3 is 2.70 bits per heavy atom. The minimum atomic E-state index is 0.594. The number of rotatable bonds is 2. The molecule has 1 aliphatic heterocycles. The molecule has 1 aromatic heterocycles. The van der Waals surface area contributed by atoms with Gasteiger partial charge in [0.2, 0.25) is 0 Å². The SMILES string of the molecule is c1ccc2c(c1)nc(C1CCCNC1)n2C1CCCC1. The zero-order valence-corrected chi connectivity index (χ0v) is 12.0. The van der Waals surface area contributed by atoms with Gasteiger partial charge in [-0.15, -0.1) is 0 Å². The van der Waals surface area contributed by atoms with Crippen LogP contribution in [0.25, 0.3) is 11.0 Å². The number of nitrogens with one attached hydrogen (secondary N) is 1. The number of piperidine rings is 1. The molecular formula is C17H23N3. The average Bonchev–Trinajstić information content (AvgIpc) is 3.14. The van der Waals surface area contributed by atoms with Gasteiger partial charge in [0.1, 0.15) is 5.82 Å². The Bertz CT molecular complexity index is 589. The lowest BCUT2D eigenvalue weighted by molar-refractivity contribution is 0.413. The van der Waals surface area contributed by atoms with Gasteiger partial charge in [0, 0.05) is 18.5 Å². The third-order valence-corrected chi connectivity index (χ3v) is 4.97. The smallest absolute Gasteiger partial charge is 0.114 e. The molecule has 0 bridgehead atoms. The van der Waals surface area contributed by atoms with Crippen LogP contribution in [-0.4, -0.2) is 22.6 Å². The molecule has 1 unspecified atom stereocenters. The molecule has 1 saturated carbocycles. The molecule has 20 heavy (non-hydrogen) atoms. The minimum Gasteiger partial charge on any atom is -0.325 e. The van der Waals surface area contributed by atoms with E-state index in [0.29, 0.717) is 12.0 Å². The maximum Gasteiger partial charge on any atom is 0.114 e. The molecule has 0 amide bonds. The van der Waals surface area contributed by atoms with Gasteiger partial charge >= 0.3 is 0 Å². The van der Waals surface area contributed by atoms with Gasteiger partial charge in [-0.05, 0) is 44.4 Å². The monoisotopic (exact) mass is 269 g/mol. The second kappa shape index (κ2) is 5.21. The molecule has 0 radical (unpaired) electrons. The van der Waals surface area contributed by atoms with Crippen LogP contribution in [0, 0.1) is 0 Å². The second-order valence-electron chi connectivity index (χ2n) is 6.31. The maximum atomic E-state index is 5.00. The highest BCUT2D eigenvalue weighted by Gasteiger charge is 2.27. The highest BCUT2D eigenvalue weighted by molar-refractivity contribution is 5.76. The van der Waals surface area contributed by atoms with Crippen molar-refractivity contribution >= 4 is 11.0 Å². The van der Waals surface area contributed by atoms with Gasteiger partial charge in [0.25, 0.3) is 0 Å². The first-order valence-electron chi connectivity index (χ1n) is 8.11. The van der Waals surface area contributed by atoms with Crippen molar-refractivity contribution in [3.63, 3.8) is 0 Å². The minimum absolute atomic E-state index is 0.594. The van der Waals surface area contributed by atoms with Crippen molar-refractivity contribution in [3.05, 3.63) is 30.1 Å². The number of imidazole rings is 1. The Labute approximate surface area is 120 Å². The van der Waals surface area contributed by atoms with E-state index in [2.05, 4.69) is 34.1 Å². The van der Waals surface area contributed by atoms with Crippen LogP contribution < -0.4 is 5.32 Å². The topological polar surface area (TPSA) is 29.9 Å². The van der Waals surface area contributed by atoms with E-state index in [4.69, 9.17) is 4.98 Å². The fourth-order valence-corrected chi connectivity index (χ4v) is 3.97. The van der Waals surface area contributed by atoms with Crippen molar-refractivity contribution in [2.24, 2.45) is 0 Å². The Morgan fingerprint density at radius 2 is 1.90 bits per heavy atom. The predicted octanol–water partition coefficient (Wildman–Crippen LogP) is 3.62. The largest absolute Gasteiger partial charge is 0.325 e. The third-order valence-electron chi connectivity index (χ3n) is 4.97. The molecule has 1 N–H and O–H groups in total. The van der Waals surface area contributed by atoms with Gasteiger partial charge in [-0.25, -0.2) is 4.98 Å². The summed E-state index contributed by atoms with van der Waals surface area (Å²) >= 11 is 0. The lowest BCUT2D eigenvalue weighted by atomic mass is 9.98. The van der Waals surface area contributed by atoms with Crippen molar-refractivity contribution in [3.8, 4) is 0 Å². The Hall–Kier alpha value is -1.35. The number of para-hydroxylation sites is 2. The van der Waals surface area contributed by atoms with Crippen LogP contribution in [0.1, 0.15) is 56.3 Å². The molecule has 1 aliphatic carbocycles. The molecule has 2 heterocycles. The van der Waals surface area contributed by atoms with Crippen LogP contribution in [0.2, 0.25) is 0 Å². The van der Waals surface area contributed by atoms with E-state index in [-0.39, 0.29) is 0 Å². The summed E-state index contributed by atoms with van der Waals surface area (Å²) in [4.78, 5) is 5.00. The lowest BCUT2D eigenvalue weighted by Crippen LogP contribution is -2.30. The fraction of sp³-hybridized carbons (Fsp3) is 0.588. The average molecular weight is 269 g/mol. The van der Waals surface area contributed by atoms with E-state index in [0.717, 1.165) is 6.54 Å². The number of hydrogen-bond acceptors (Lipinski definition) is 2. The van der Waals surface area contributed by atoms with Gasteiger partial charge in [0.15, 0.2) is 0 Å². The predicted molar refractivity (Wildman–Crippen MR) is 82.1 cm³/mol. The zero-order chi connectivity index (χ0) is 13.4. The molecule has 106 valence electrons. The van der Waals surface area contributed by atoms with Crippen molar-refractivity contribution < 1.29 is 0 Å². The van der Waals surface area contributed by atoms with E-state index in [1.165, 1.54) is 61.9 Å². The molecule has 3 heteroatoms. The van der Waals surface area contributed by atoms with Crippen molar-refractivity contribution in [1.82, 2.24) is 14.9 Å². The fourth-order valence-electron chi connectivity index (χ4n) is 3.97. The summed E-state index contributed by atoms with van der Waals surface area (Å²) in [5, 5.41) is 3.54. The normalized spacial score (nSPS) is 24.5. The van der Waals surface area contributed by atoms with Crippen LogP contribution >= 0.6 is 0 Å². The summed E-state index contributed by atoms with van der Waals surface area (Å²) in [6.07, 6.45) is 7.96. The number of hydrogen-bond donors (Lipinski definition) is 1. The second-order valence-corrected chi connectivity index (χ2v) is 6.31. The highest BCUT2D eigenvalue weighted by atomic mass is 15.1. The van der Waals surface area contributed by atoms with E-state index in [1.54, 1.807) is 0 Å². The molecule has 1 atom stereocenters. The maximum absolute atomic E-state index is 5.00. The van der Waals surface area contributed by atoms with E-state index >= 15 is 0 Å². The van der Waals surface area contributed by atoms with Gasteiger partial charge in [-0.3, -0.25) is 0 Å². The van der Waals surface area contributed by atoms with E-state index in [9.17, 15) is 0 Å². The van der Waals surface area contributed by atoms with Crippen LogP contribution in [0.5, 0.6) is 0 Å². The first-order chi connectivity index (χ1) is 9.93. The van der Waals surface area contributed by atoms with Crippen LogP contribution in [-0.2, 0) is 0 Å². The molecular weight excluding hydrogens is 246 g/mol. The summed E-state index contributed by atoms with van der Waals surface area (Å²) in [7, 11) is 0. The van der Waals surface area contributed by atoms with Crippen LogP contribution in [0.3, 0.4) is 0 Å². The number of aromatic nitrogens is 2.